The van der Waals surface area contributed by atoms with E-state index in [0.29, 0.717) is 11.6 Å². The Labute approximate surface area is 139 Å². The van der Waals surface area contributed by atoms with E-state index in [2.05, 4.69) is 39.6 Å². The fourth-order valence-corrected chi connectivity index (χ4v) is 3.44. The first-order valence-electron chi connectivity index (χ1n) is 7.93. The average Bonchev–Trinajstić information content (AvgIpc) is 3.15. The highest BCUT2D eigenvalue weighted by molar-refractivity contribution is 7.15. The number of anilines is 1. The second-order valence-corrected chi connectivity index (χ2v) is 6.57. The summed E-state index contributed by atoms with van der Waals surface area (Å²) in [6, 6.07) is 8.23. The van der Waals surface area contributed by atoms with Crippen molar-refractivity contribution in [3.8, 4) is 0 Å². The van der Waals surface area contributed by atoms with Gasteiger partial charge in [-0.05, 0) is 30.9 Å². The minimum absolute atomic E-state index is 0.00374. The van der Waals surface area contributed by atoms with Gasteiger partial charge >= 0.3 is 0 Å². The van der Waals surface area contributed by atoms with Crippen molar-refractivity contribution in [3.63, 3.8) is 0 Å². The quantitative estimate of drug-likeness (QED) is 0.690. The maximum absolute atomic E-state index is 12.0. The minimum Gasteiger partial charge on any atom is -0.361 e. The molecule has 6 heteroatoms. The van der Waals surface area contributed by atoms with Crippen molar-refractivity contribution in [1.82, 2.24) is 15.2 Å². The summed E-state index contributed by atoms with van der Waals surface area (Å²) in [6.07, 6.45) is 6.16. The van der Waals surface area contributed by atoms with Crippen LogP contribution in [0.1, 0.15) is 36.8 Å². The van der Waals surface area contributed by atoms with Gasteiger partial charge in [0.05, 0.1) is 0 Å². The third-order valence-electron chi connectivity index (χ3n) is 3.70. The summed E-state index contributed by atoms with van der Waals surface area (Å²) in [6.45, 7) is 2.10. The second-order valence-electron chi connectivity index (χ2n) is 5.51. The molecule has 2 aromatic heterocycles. The molecule has 3 rings (SSSR count). The van der Waals surface area contributed by atoms with E-state index < -0.39 is 0 Å². The van der Waals surface area contributed by atoms with Crippen LogP contribution in [0.4, 0.5) is 5.13 Å². The maximum Gasteiger partial charge on any atom is 0.226 e. The van der Waals surface area contributed by atoms with Gasteiger partial charge in [-0.3, -0.25) is 4.79 Å². The zero-order valence-corrected chi connectivity index (χ0v) is 13.9. The van der Waals surface area contributed by atoms with Gasteiger partial charge in [0.2, 0.25) is 11.0 Å². The second kappa shape index (κ2) is 7.37. The van der Waals surface area contributed by atoms with Crippen LogP contribution in [0.15, 0.2) is 30.5 Å². The Morgan fingerprint density at radius 3 is 3.00 bits per heavy atom. The van der Waals surface area contributed by atoms with E-state index >= 15 is 0 Å². The van der Waals surface area contributed by atoms with Gasteiger partial charge in [0, 0.05) is 29.9 Å². The molecule has 0 spiro atoms. The summed E-state index contributed by atoms with van der Waals surface area (Å²) in [4.78, 5) is 15.3. The molecule has 1 amide bonds. The topological polar surface area (TPSA) is 70.7 Å². The van der Waals surface area contributed by atoms with E-state index in [1.165, 1.54) is 22.3 Å². The summed E-state index contributed by atoms with van der Waals surface area (Å²) >= 11 is 1.46. The lowest BCUT2D eigenvalue weighted by atomic mass is 10.1. The van der Waals surface area contributed by atoms with Crippen molar-refractivity contribution in [1.29, 1.82) is 0 Å². The first-order chi connectivity index (χ1) is 11.3. The zero-order valence-electron chi connectivity index (χ0n) is 13.1. The molecule has 0 radical (unpaired) electrons. The smallest absolute Gasteiger partial charge is 0.226 e. The number of benzene rings is 1. The third-order valence-corrected chi connectivity index (χ3v) is 4.60. The molecule has 0 atom stereocenters. The minimum atomic E-state index is 0.00374. The number of carbonyl (C=O) groups is 1. The molecule has 120 valence electrons. The molecule has 2 heterocycles. The van der Waals surface area contributed by atoms with Crippen LogP contribution in [0, 0.1) is 0 Å². The van der Waals surface area contributed by atoms with Gasteiger partial charge in [0.15, 0.2) is 0 Å². The van der Waals surface area contributed by atoms with Crippen molar-refractivity contribution in [2.24, 2.45) is 0 Å². The molecular weight excluding hydrogens is 308 g/mol. The Bertz CT molecular complexity index is 793. The number of fused-ring (bicyclic) bond motifs is 1. The summed E-state index contributed by atoms with van der Waals surface area (Å²) < 4.78 is 0. The lowest BCUT2D eigenvalue weighted by molar-refractivity contribution is -0.116. The maximum atomic E-state index is 12.0. The number of hydrogen-bond donors (Lipinski definition) is 2. The number of amides is 1. The number of aryl methyl sites for hydroxylation is 2. The number of H-pyrrole nitrogens is 1. The number of nitrogens with one attached hydrogen (secondary N) is 2. The van der Waals surface area contributed by atoms with E-state index in [-0.39, 0.29) is 5.91 Å². The Morgan fingerprint density at radius 2 is 2.13 bits per heavy atom. The van der Waals surface area contributed by atoms with Crippen molar-refractivity contribution >= 4 is 33.3 Å². The SMILES string of the molecule is CCCc1nnc(NC(=O)CCCc2c[nH]c3ccccc23)s1. The number of hydrogen-bond acceptors (Lipinski definition) is 4. The van der Waals surface area contributed by atoms with E-state index in [1.807, 2.05) is 18.3 Å². The predicted molar refractivity (Wildman–Crippen MR) is 93.8 cm³/mol. The fourth-order valence-electron chi connectivity index (χ4n) is 2.58. The predicted octanol–water partition coefficient (Wildman–Crippen LogP) is 3.93. The molecular formula is C17H20N4OS. The van der Waals surface area contributed by atoms with Gasteiger partial charge in [-0.15, -0.1) is 10.2 Å². The molecule has 5 nitrogen and oxygen atoms in total. The number of para-hydroxylation sites is 1. The standard InChI is InChI=1S/C17H20N4OS/c1-2-6-16-20-21-17(23-16)19-15(22)10-5-7-12-11-18-14-9-4-3-8-13(12)14/h3-4,8-9,11,18H,2,5-7,10H2,1H3,(H,19,21,22). The number of aromatic nitrogens is 3. The zero-order chi connectivity index (χ0) is 16.1. The number of aromatic amines is 1. The number of nitrogens with zero attached hydrogens (tertiary/aromatic N) is 2. The van der Waals surface area contributed by atoms with Gasteiger partial charge in [0.25, 0.3) is 0 Å². The van der Waals surface area contributed by atoms with Crippen LogP contribution < -0.4 is 5.32 Å². The molecule has 0 aliphatic carbocycles. The van der Waals surface area contributed by atoms with Gasteiger partial charge in [-0.1, -0.05) is 36.5 Å². The van der Waals surface area contributed by atoms with E-state index in [4.69, 9.17) is 0 Å². The normalized spacial score (nSPS) is 11.0. The van der Waals surface area contributed by atoms with E-state index in [0.717, 1.165) is 36.2 Å². The van der Waals surface area contributed by atoms with Crippen LogP contribution in [0.5, 0.6) is 0 Å². The molecule has 3 aromatic rings. The van der Waals surface area contributed by atoms with Crippen LogP contribution in [0.25, 0.3) is 10.9 Å². The third kappa shape index (κ3) is 3.96. The molecule has 0 aliphatic heterocycles. The first kappa shape index (κ1) is 15.7. The molecule has 1 aromatic carbocycles. The first-order valence-corrected chi connectivity index (χ1v) is 8.75. The van der Waals surface area contributed by atoms with Gasteiger partial charge in [0.1, 0.15) is 5.01 Å². The van der Waals surface area contributed by atoms with Crippen molar-refractivity contribution < 1.29 is 4.79 Å². The Hall–Kier alpha value is -2.21. The molecule has 0 unspecified atom stereocenters. The van der Waals surface area contributed by atoms with Crippen LogP contribution in [-0.4, -0.2) is 21.1 Å². The van der Waals surface area contributed by atoms with Crippen molar-refractivity contribution in [2.75, 3.05) is 5.32 Å². The molecule has 0 bridgehead atoms. The monoisotopic (exact) mass is 328 g/mol. The Balaban J connectivity index is 1.49. The highest BCUT2D eigenvalue weighted by Gasteiger charge is 2.09. The van der Waals surface area contributed by atoms with E-state index in [9.17, 15) is 4.79 Å². The Morgan fingerprint density at radius 1 is 1.26 bits per heavy atom. The number of carbonyl (C=O) groups excluding carboxylic acids is 1. The molecule has 0 saturated carbocycles. The molecule has 0 aliphatic rings. The van der Waals surface area contributed by atoms with Crippen molar-refractivity contribution in [3.05, 3.63) is 41.0 Å². The average molecular weight is 328 g/mol. The van der Waals surface area contributed by atoms with Gasteiger partial charge in [-0.2, -0.15) is 0 Å². The Kier molecular flexibility index (Phi) is 5.02. The summed E-state index contributed by atoms with van der Waals surface area (Å²) in [7, 11) is 0. The van der Waals surface area contributed by atoms with Crippen LogP contribution in [0.2, 0.25) is 0 Å². The molecule has 0 fully saturated rings. The largest absolute Gasteiger partial charge is 0.361 e. The summed E-state index contributed by atoms with van der Waals surface area (Å²) in [5.74, 6) is 0.00374. The van der Waals surface area contributed by atoms with Crippen LogP contribution >= 0.6 is 11.3 Å². The molecule has 0 saturated heterocycles. The summed E-state index contributed by atoms with van der Waals surface area (Å²) in [5.41, 5.74) is 2.40. The lowest BCUT2D eigenvalue weighted by Crippen LogP contribution is -2.11. The number of rotatable bonds is 7. The van der Waals surface area contributed by atoms with Crippen LogP contribution in [0.3, 0.4) is 0 Å². The van der Waals surface area contributed by atoms with Crippen molar-refractivity contribution in [2.45, 2.75) is 39.0 Å². The summed E-state index contributed by atoms with van der Waals surface area (Å²) in [5, 5.41) is 13.7. The van der Waals surface area contributed by atoms with E-state index in [1.54, 1.807) is 0 Å². The molecule has 2 N–H and O–H groups in total. The fraction of sp³-hybridized carbons (Fsp3) is 0.353. The highest BCUT2D eigenvalue weighted by Crippen LogP contribution is 2.20. The van der Waals surface area contributed by atoms with Crippen LogP contribution in [-0.2, 0) is 17.6 Å². The lowest BCUT2D eigenvalue weighted by Gasteiger charge is -2.01. The highest BCUT2D eigenvalue weighted by atomic mass is 32.1. The van der Waals surface area contributed by atoms with Gasteiger partial charge in [-0.25, -0.2) is 0 Å². The van der Waals surface area contributed by atoms with Gasteiger partial charge < -0.3 is 10.3 Å². The molecule has 23 heavy (non-hydrogen) atoms.